The van der Waals surface area contributed by atoms with Crippen molar-refractivity contribution in [2.75, 3.05) is 39.3 Å². The highest BCUT2D eigenvalue weighted by atomic mass is 16.2. The van der Waals surface area contributed by atoms with Gasteiger partial charge in [0.1, 0.15) is 0 Å². The molecule has 2 aliphatic heterocycles. The molecule has 0 unspecified atom stereocenters. The molecule has 3 amide bonds. The number of amides is 3. The van der Waals surface area contributed by atoms with Gasteiger partial charge in [0, 0.05) is 32.6 Å². The van der Waals surface area contributed by atoms with Crippen molar-refractivity contribution in [3.05, 3.63) is 71.3 Å². The summed E-state index contributed by atoms with van der Waals surface area (Å²) in [6.45, 7) is 4.79. The summed E-state index contributed by atoms with van der Waals surface area (Å²) in [5.74, 6) is -0.384. The van der Waals surface area contributed by atoms with Crippen molar-refractivity contribution < 1.29 is 14.4 Å². The van der Waals surface area contributed by atoms with E-state index < -0.39 is 0 Å². The number of aryl methyl sites for hydroxylation is 1. The zero-order valence-corrected chi connectivity index (χ0v) is 18.5. The first-order valence-electron chi connectivity index (χ1n) is 11.6. The minimum Gasteiger partial charge on any atom is -0.341 e. The van der Waals surface area contributed by atoms with Crippen LogP contribution in [-0.2, 0) is 11.2 Å². The number of fused-ring (bicyclic) bond motifs is 1. The van der Waals surface area contributed by atoms with E-state index in [4.69, 9.17) is 0 Å². The van der Waals surface area contributed by atoms with Gasteiger partial charge in [-0.25, -0.2) is 0 Å². The third-order valence-electron chi connectivity index (χ3n) is 6.37. The fourth-order valence-electron chi connectivity index (χ4n) is 4.58. The second kappa shape index (κ2) is 10.6. The molecule has 0 atom stereocenters. The Kier molecular flexibility index (Phi) is 7.32. The fourth-order valence-corrected chi connectivity index (χ4v) is 4.58. The molecule has 2 aliphatic rings. The van der Waals surface area contributed by atoms with Crippen LogP contribution in [0.5, 0.6) is 0 Å². The fraction of sp³-hybridized carbons (Fsp3) is 0.423. The molecular weight excluding hydrogens is 402 g/mol. The van der Waals surface area contributed by atoms with E-state index in [1.165, 1.54) is 10.5 Å². The molecule has 0 saturated carbocycles. The molecule has 1 saturated heterocycles. The summed E-state index contributed by atoms with van der Waals surface area (Å²) < 4.78 is 0. The second-order valence-electron chi connectivity index (χ2n) is 8.58. The Morgan fingerprint density at radius 1 is 0.750 bits per heavy atom. The van der Waals surface area contributed by atoms with Crippen molar-refractivity contribution in [1.29, 1.82) is 0 Å². The van der Waals surface area contributed by atoms with E-state index >= 15 is 0 Å². The van der Waals surface area contributed by atoms with Gasteiger partial charge < -0.3 is 9.80 Å². The standard InChI is InChI=1S/C26H31N3O3/c30-24(14-7-18-29-25(31)22-12-4-5-13-23(22)26(29)32)28-17-8-16-27(19-20-28)15-6-11-21-9-2-1-3-10-21/h1-5,9-10,12-13H,6-8,11,14-20H2. The average Bonchev–Trinajstić information content (AvgIpc) is 2.97. The van der Waals surface area contributed by atoms with Crippen molar-refractivity contribution >= 4 is 17.7 Å². The zero-order valence-electron chi connectivity index (χ0n) is 18.5. The highest BCUT2D eigenvalue weighted by Crippen LogP contribution is 2.22. The Hall–Kier alpha value is -2.99. The summed E-state index contributed by atoms with van der Waals surface area (Å²) in [6, 6.07) is 17.5. The molecule has 6 heteroatoms. The van der Waals surface area contributed by atoms with Crippen LogP contribution in [0.1, 0.15) is 52.0 Å². The number of imide groups is 1. The predicted octanol–water partition coefficient (Wildman–Crippen LogP) is 3.23. The van der Waals surface area contributed by atoms with Crippen LogP contribution in [0, 0.1) is 0 Å². The number of hydrogen-bond donors (Lipinski definition) is 0. The maximum Gasteiger partial charge on any atom is 0.261 e. The Labute approximate surface area is 189 Å². The smallest absolute Gasteiger partial charge is 0.261 e. The van der Waals surface area contributed by atoms with Gasteiger partial charge in [-0.3, -0.25) is 19.3 Å². The first-order chi connectivity index (χ1) is 15.6. The van der Waals surface area contributed by atoms with Gasteiger partial charge in [-0.1, -0.05) is 42.5 Å². The predicted molar refractivity (Wildman–Crippen MR) is 123 cm³/mol. The zero-order chi connectivity index (χ0) is 22.3. The quantitative estimate of drug-likeness (QED) is 0.600. The van der Waals surface area contributed by atoms with Crippen molar-refractivity contribution in [1.82, 2.24) is 14.7 Å². The van der Waals surface area contributed by atoms with Gasteiger partial charge in [-0.15, -0.1) is 0 Å². The lowest BCUT2D eigenvalue weighted by atomic mass is 10.1. The van der Waals surface area contributed by atoms with Gasteiger partial charge in [0.15, 0.2) is 0 Å². The van der Waals surface area contributed by atoms with Crippen LogP contribution in [-0.4, -0.2) is 71.7 Å². The number of carbonyl (C=O) groups excluding carboxylic acids is 3. The Morgan fingerprint density at radius 2 is 1.44 bits per heavy atom. The lowest BCUT2D eigenvalue weighted by Gasteiger charge is -2.22. The van der Waals surface area contributed by atoms with E-state index in [1.54, 1.807) is 24.3 Å². The van der Waals surface area contributed by atoms with Crippen LogP contribution in [0.25, 0.3) is 0 Å². The SMILES string of the molecule is O=C(CCCN1C(=O)c2ccccc2C1=O)N1CCCN(CCCc2ccccc2)CC1. The molecule has 1 fully saturated rings. The molecule has 168 valence electrons. The highest BCUT2D eigenvalue weighted by Gasteiger charge is 2.34. The van der Waals surface area contributed by atoms with E-state index in [9.17, 15) is 14.4 Å². The molecule has 0 bridgehead atoms. The first-order valence-corrected chi connectivity index (χ1v) is 11.6. The molecule has 0 aromatic heterocycles. The van der Waals surface area contributed by atoms with Gasteiger partial charge in [-0.2, -0.15) is 0 Å². The average molecular weight is 434 g/mol. The Morgan fingerprint density at radius 3 is 2.16 bits per heavy atom. The molecule has 6 nitrogen and oxygen atoms in total. The summed E-state index contributed by atoms with van der Waals surface area (Å²) in [6.07, 6.45) is 4.05. The maximum atomic E-state index is 12.7. The summed E-state index contributed by atoms with van der Waals surface area (Å²) in [5, 5.41) is 0. The summed E-state index contributed by atoms with van der Waals surface area (Å²) in [7, 11) is 0. The van der Waals surface area contributed by atoms with E-state index in [1.807, 2.05) is 11.0 Å². The van der Waals surface area contributed by atoms with Crippen molar-refractivity contribution in [2.24, 2.45) is 0 Å². The minimum absolute atomic E-state index is 0.118. The van der Waals surface area contributed by atoms with Gasteiger partial charge >= 0.3 is 0 Å². The van der Waals surface area contributed by atoms with Crippen LogP contribution in [0.2, 0.25) is 0 Å². The topological polar surface area (TPSA) is 60.9 Å². The second-order valence-corrected chi connectivity index (χ2v) is 8.58. The lowest BCUT2D eigenvalue weighted by Crippen LogP contribution is -2.36. The molecule has 0 radical (unpaired) electrons. The normalized spacial score (nSPS) is 16.9. The third-order valence-corrected chi connectivity index (χ3v) is 6.37. The molecule has 4 rings (SSSR count). The van der Waals surface area contributed by atoms with E-state index in [0.29, 0.717) is 24.0 Å². The Bertz CT molecular complexity index is 925. The first kappa shape index (κ1) is 22.2. The van der Waals surface area contributed by atoms with Gasteiger partial charge in [-0.05, 0) is 56.5 Å². The number of rotatable bonds is 8. The summed E-state index contributed by atoms with van der Waals surface area (Å²) in [5.41, 5.74) is 2.30. The number of benzene rings is 2. The molecule has 0 N–H and O–H groups in total. The number of hydrogen-bond acceptors (Lipinski definition) is 4. The van der Waals surface area contributed by atoms with Gasteiger partial charge in [0.2, 0.25) is 5.91 Å². The van der Waals surface area contributed by atoms with Crippen LogP contribution in [0.15, 0.2) is 54.6 Å². The maximum absolute atomic E-state index is 12.7. The molecule has 32 heavy (non-hydrogen) atoms. The molecule has 0 aliphatic carbocycles. The van der Waals surface area contributed by atoms with Crippen LogP contribution in [0.3, 0.4) is 0 Å². The number of nitrogens with zero attached hydrogens (tertiary/aromatic N) is 3. The van der Waals surface area contributed by atoms with Crippen LogP contribution >= 0.6 is 0 Å². The molecular formula is C26H31N3O3. The molecule has 0 spiro atoms. The van der Waals surface area contributed by atoms with Crippen LogP contribution < -0.4 is 0 Å². The van der Waals surface area contributed by atoms with E-state index in [2.05, 4.69) is 29.2 Å². The molecule has 2 heterocycles. The number of carbonyl (C=O) groups is 3. The Balaban J connectivity index is 1.18. The molecule has 2 aromatic carbocycles. The third kappa shape index (κ3) is 5.25. The van der Waals surface area contributed by atoms with Gasteiger partial charge in [0.05, 0.1) is 11.1 Å². The molecule has 2 aromatic rings. The van der Waals surface area contributed by atoms with Crippen molar-refractivity contribution in [2.45, 2.75) is 32.1 Å². The van der Waals surface area contributed by atoms with Crippen molar-refractivity contribution in [3.63, 3.8) is 0 Å². The summed E-state index contributed by atoms with van der Waals surface area (Å²) >= 11 is 0. The minimum atomic E-state index is -0.251. The van der Waals surface area contributed by atoms with Gasteiger partial charge in [0.25, 0.3) is 11.8 Å². The highest BCUT2D eigenvalue weighted by molar-refractivity contribution is 6.21. The largest absolute Gasteiger partial charge is 0.341 e. The monoisotopic (exact) mass is 433 g/mol. The lowest BCUT2D eigenvalue weighted by molar-refractivity contribution is -0.131. The summed E-state index contributed by atoms with van der Waals surface area (Å²) in [4.78, 5) is 43.3. The van der Waals surface area contributed by atoms with Crippen LogP contribution in [0.4, 0.5) is 0 Å². The van der Waals surface area contributed by atoms with E-state index in [-0.39, 0.29) is 24.3 Å². The van der Waals surface area contributed by atoms with Crippen molar-refractivity contribution in [3.8, 4) is 0 Å². The van der Waals surface area contributed by atoms with E-state index in [0.717, 1.165) is 52.0 Å².